The summed E-state index contributed by atoms with van der Waals surface area (Å²) in [4.78, 5) is 12.2. The minimum Gasteiger partial charge on any atom is -0.352 e. The van der Waals surface area contributed by atoms with E-state index in [9.17, 15) is 4.79 Å². The summed E-state index contributed by atoms with van der Waals surface area (Å²) in [5, 5.41) is 4.49. The molecule has 0 aliphatic carbocycles. The van der Waals surface area contributed by atoms with Gasteiger partial charge in [-0.2, -0.15) is 0 Å². The second kappa shape index (κ2) is 6.59. The van der Waals surface area contributed by atoms with Gasteiger partial charge in [0.15, 0.2) is 0 Å². The van der Waals surface area contributed by atoms with Crippen LogP contribution in [0.2, 0.25) is 24.7 Å². The lowest BCUT2D eigenvalue weighted by atomic mass is 10.2. The average Bonchev–Trinajstić information content (AvgIpc) is 2.27. The molecule has 0 saturated heterocycles. The summed E-state index contributed by atoms with van der Waals surface area (Å²) in [6, 6.07) is 5.68. The Morgan fingerprint density at radius 2 is 2.00 bits per heavy atom. The van der Waals surface area contributed by atoms with Crippen LogP contribution in [-0.4, -0.2) is 26.4 Å². The monoisotopic (exact) mass is 303 g/mol. The number of halogens is 2. The SMILES string of the molecule is C[Si](C)(C)c1cccc(Cl)c1C(=O)NCCCCl. The Balaban J connectivity index is 3.03. The van der Waals surface area contributed by atoms with Gasteiger partial charge in [-0.05, 0) is 17.7 Å². The van der Waals surface area contributed by atoms with Gasteiger partial charge in [0.05, 0.1) is 18.7 Å². The molecule has 0 unspecified atom stereocenters. The van der Waals surface area contributed by atoms with E-state index in [0.29, 0.717) is 23.0 Å². The summed E-state index contributed by atoms with van der Waals surface area (Å²) in [5.74, 6) is 0.451. The minimum absolute atomic E-state index is 0.0943. The van der Waals surface area contributed by atoms with Gasteiger partial charge < -0.3 is 5.32 Å². The smallest absolute Gasteiger partial charge is 0.252 e. The topological polar surface area (TPSA) is 29.1 Å². The van der Waals surface area contributed by atoms with Crippen molar-refractivity contribution in [3.8, 4) is 0 Å². The number of carbonyl (C=O) groups is 1. The third-order valence-electron chi connectivity index (χ3n) is 2.64. The van der Waals surface area contributed by atoms with Crippen LogP contribution < -0.4 is 10.5 Å². The Hall–Kier alpha value is -0.513. The van der Waals surface area contributed by atoms with Gasteiger partial charge in [-0.25, -0.2) is 0 Å². The lowest BCUT2D eigenvalue weighted by molar-refractivity contribution is 0.0955. The maximum absolute atomic E-state index is 12.2. The fourth-order valence-electron chi connectivity index (χ4n) is 1.74. The molecule has 0 atom stereocenters. The first-order chi connectivity index (χ1) is 8.38. The van der Waals surface area contributed by atoms with E-state index in [4.69, 9.17) is 23.2 Å². The second-order valence-electron chi connectivity index (χ2n) is 5.21. The van der Waals surface area contributed by atoms with E-state index in [1.807, 2.05) is 12.1 Å². The van der Waals surface area contributed by atoms with Crippen LogP contribution in [0.15, 0.2) is 18.2 Å². The number of hydrogen-bond acceptors (Lipinski definition) is 1. The van der Waals surface area contributed by atoms with E-state index in [0.717, 1.165) is 11.6 Å². The van der Waals surface area contributed by atoms with Gasteiger partial charge in [0.2, 0.25) is 0 Å². The maximum Gasteiger partial charge on any atom is 0.252 e. The lowest BCUT2D eigenvalue weighted by Gasteiger charge is -2.21. The molecule has 2 nitrogen and oxygen atoms in total. The number of nitrogens with one attached hydrogen (secondary N) is 1. The number of benzene rings is 1. The molecule has 1 aromatic rings. The first-order valence-corrected chi connectivity index (χ1v) is 10.4. The van der Waals surface area contributed by atoms with E-state index < -0.39 is 8.07 Å². The zero-order valence-corrected chi connectivity index (χ0v) is 13.5. The van der Waals surface area contributed by atoms with Gasteiger partial charge in [0.25, 0.3) is 5.91 Å². The van der Waals surface area contributed by atoms with Crippen molar-refractivity contribution in [2.45, 2.75) is 26.1 Å². The van der Waals surface area contributed by atoms with Crippen molar-refractivity contribution in [3.05, 3.63) is 28.8 Å². The van der Waals surface area contributed by atoms with Crippen molar-refractivity contribution in [3.63, 3.8) is 0 Å². The van der Waals surface area contributed by atoms with Gasteiger partial charge in [-0.1, -0.05) is 43.4 Å². The Bertz CT molecular complexity index is 429. The van der Waals surface area contributed by atoms with Crippen molar-refractivity contribution >= 4 is 42.4 Å². The second-order valence-corrected chi connectivity index (χ2v) is 11.0. The highest BCUT2D eigenvalue weighted by molar-refractivity contribution is 6.89. The Labute approximate surface area is 120 Å². The largest absolute Gasteiger partial charge is 0.352 e. The van der Waals surface area contributed by atoms with E-state index in [1.54, 1.807) is 6.07 Å². The zero-order chi connectivity index (χ0) is 13.8. The molecule has 5 heteroatoms. The molecule has 100 valence electrons. The minimum atomic E-state index is -1.59. The van der Waals surface area contributed by atoms with Crippen LogP contribution in [0.4, 0.5) is 0 Å². The highest BCUT2D eigenvalue weighted by Crippen LogP contribution is 2.17. The molecule has 0 saturated carbocycles. The van der Waals surface area contributed by atoms with E-state index in [2.05, 4.69) is 25.0 Å². The van der Waals surface area contributed by atoms with Crippen LogP contribution in [-0.2, 0) is 0 Å². The van der Waals surface area contributed by atoms with Gasteiger partial charge in [-0.3, -0.25) is 4.79 Å². The lowest BCUT2D eigenvalue weighted by Crippen LogP contribution is -2.43. The molecule has 1 N–H and O–H groups in total. The molecule has 0 radical (unpaired) electrons. The fraction of sp³-hybridized carbons (Fsp3) is 0.462. The van der Waals surface area contributed by atoms with Crippen LogP contribution in [0.3, 0.4) is 0 Å². The summed E-state index contributed by atoms with van der Waals surface area (Å²) in [6.07, 6.45) is 0.764. The van der Waals surface area contributed by atoms with Crippen LogP contribution in [0, 0.1) is 0 Å². The Morgan fingerprint density at radius 3 is 2.56 bits per heavy atom. The number of carbonyl (C=O) groups excluding carboxylic acids is 1. The van der Waals surface area contributed by atoms with Crippen molar-refractivity contribution < 1.29 is 4.79 Å². The summed E-state index contributed by atoms with van der Waals surface area (Å²) in [7, 11) is -1.59. The average molecular weight is 304 g/mol. The molecule has 1 amide bonds. The van der Waals surface area contributed by atoms with Crippen molar-refractivity contribution in [1.29, 1.82) is 0 Å². The number of hydrogen-bond donors (Lipinski definition) is 1. The third kappa shape index (κ3) is 4.01. The number of alkyl halides is 1. The van der Waals surface area contributed by atoms with Crippen LogP contribution >= 0.6 is 23.2 Å². The quantitative estimate of drug-likeness (QED) is 0.505. The molecule has 0 aliphatic rings. The van der Waals surface area contributed by atoms with Crippen molar-refractivity contribution in [1.82, 2.24) is 5.32 Å². The molecule has 0 aromatic heterocycles. The van der Waals surface area contributed by atoms with Crippen molar-refractivity contribution in [2.24, 2.45) is 0 Å². The Kier molecular flexibility index (Phi) is 5.69. The molecule has 0 aliphatic heterocycles. The first-order valence-electron chi connectivity index (χ1n) is 6.01. The molecular weight excluding hydrogens is 285 g/mol. The Morgan fingerprint density at radius 1 is 1.33 bits per heavy atom. The molecule has 1 aromatic carbocycles. The number of rotatable bonds is 5. The summed E-state index contributed by atoms with van der Waals surface area (Å²) >= 11 is 11.8. The van der Waals surface area contributed by atoms with Crippen molar-refractivity contribution in [2.75, 3.05) is 12.4 Å². The molecule has 0 heterocycles. The van der Waals surface area contributed by atoms with Crippen LogP contribution in [0.25, 0.3) is 0 Å². The van der Waals surface area contributed by atoms with E-state index in [1.165, 1.54) is 0 Å². The van der Waals surface area contributed by atoms with E-state index in [-0.39, 0.29) is 5.91 Å². The molecule has 0 bridgehead atoms. The number of amides is 1. The highest BCUT2D eigenvalue weighted by Gasteiger charge is 2.25. The fourth-order valence-corrected chi connectivity index (χ4v) is 3.80. The molecule has 0 spiro atoms. The van der Waals surface area contributed by atoms with Gasteiger partial charge >= 0.3 is 0 Å². The summed E-state index contributed by atoms with van der Waals surface area (Å²) < 4.78 is 0. The molecule has 18 heavy (non-hydrogen) atoms. The first kappa shape index (κ1) is 15.5. The predicted octanol–water partition coefficient (Wildman–Crippen LogP) is 3.24. The molecule has 0 fully saturated rings. The molecular formula is C13H19Cl2NOSi. The summed E-state index contributed by atoms with van der Waals surface area (Å²) in [6.45, 7) is 7.19. The summed E-state index contributed by atoms with van der Waals surface area (Å²) in [5.41, 5.74) is 0.632. The van der Waals surface area contributed by atoms with Gasteiger partial charge in [-0.15, -0.1) is 11.6 Å². The maximum atomic E-state index is 12.2. The zero-order valence-electron chi connectivity index (χ0n) is 11.0. The normalized spacial score (nSPS) is 11.4. The highest BCUT2D eigenvalue weighted by atomic mass is 35.5. The predicted molar refractivity (Wildman–Crippen MR) is 82.1 cm³/mol. The van der Waals surface area contributed by atoms with Gasteiger partial charge in [0.1, 0.15) is 0 Å². The van der Waals surface area contributed by atoms with Gasteiger partial charge in [0, 0.05) is 12.4 Å². The third-order valence-corrected chi connectivity index (χ3v) is 5.26. The van der Waals surface area contributed by atoms with Crippen LogP contribution in [0.5, 0.6) is 0 Å². The molecule has 1 rings (SSSR count). The van der Waals surface area contributed by atoms with Crippen LogP contribution in [0.1, 0.15) is 16.8 Å². The standard InChI is InChI=1S/C13H19Cl2NOSi/c1-18(2,3)11-7-4-6-10(15)12(11)13(17)16-9-5-8-14/h4,6-7H,5,8-9H2,1-3H3,(H,16,17). The van der Waals surface area contributed by atoms with E-state index >= 15 is 0 Å².